The molecule has 0 aliphatic heterocycles. The summed E-state index contributed by atoms with van der Waals surface area (Å²) in [6, 6.07) is 12.1. The van der Waals surface area contributed by atoms with Crippen LogP contribution in [0.3, 0.4) is 0 Å². The van der Waals surface area contributed by atoms with E-state index < -0.39 is 11.8 Å². The Morgan fingerprint density at radius 3 is 2.35 bits per heavy atom. The van der Waals surface area contributed by atoms with Gasteiger partial charge in [0.2, 0.25) is 0 Å². The van der Waals surface area contributed by atoms with Gasteiger partial charge in [0.25, 0.3) is 0 Å². The lowest BCUT2D eigenvalue weighted by Gasteiger charge is -2.10. The monoisotopic (exact) mass is 292 g/mol. The number of aliphatic carboxylic acids is 1. The number of carbonyl (C=O) groups is 1. The Labute approximate surface area is 121 Å². The normalized spacial score (nSPS) is 12.2. The van der Waals surface area contributed by atoms with Gasteiger partial charge in [0.15, 0.2) is 0 Å². The van der Waals surface area contributed by atoms with E-state index in [0.29, 0.717) is 0 Å². The molecule has 0 aliphatic carbocycles. The van der Waals surface area contributed by atoms with Crippen LogP contribution in [0.2, 0.25) is 5.02 Å². The summed E-state index contributed by atoms with van der Waals surface area (Å²) in [4.78, 5) is 10.7. The molecule has 0 saturated carbocycles. The standard InChI is InChI=1S/C16H14ClFO2/c1-10(8-16(19)20)11-2-4-12(5-3-11)13-6-7-15(18)14(17)9-13/h2-7,9-10H,8H2,1H3,(H,19,20). The number of carboxylic acid groups (broad SMARTS) is 1. The molecule has 2 nitrogen and oxygen atoms in total. The quantitative estimate of drug-likeness (QED) is 0.885. The van der Waals surface area contributed by atoms with Crippen LogP contribution in [0.1, 0.15) is 24.8 Å². The van der Waals surface area contributed by atoms with Crippen molar-refractivity contribution >= 4 is 17.6 Å². The van der Waals surface area contributed by atoms with Crippen LogP contribution in [0, 0.1) is 5.82 Å². The third-order valence-electron chi connectivity index (χ3n) is 3.21. The highest BCUT2D eigenvalue weighted by Gasteiger charge is 2.10. The van der Waals surface area contributed by atoms with E-state index in [1.807, 2.05) is 31.2 Å². The lowest BCUT2D eigenvalue weighted by molar-refractivity contribution is -0.137. The third kappa shape index (κ3) is 3.36. The number of hydrogen-bond acceptors (Lipinski definition) is 1. The van der Waals surface area contributed by atoms with Crippen molar-refractivity contribution in [2.75, 3.05) is 0 Å². The fraction of sp³-hybridized carbons (Fsp3) is 0.188. The minimum atomic E-state index is -0.813. The highest BCUT2D eigenvalue weighted by molar-refractivity contribution is 6.31. The third-order valence-corrected chi connectivity index (χ3v) is 3.50. The van der Waals surface area contributed by atoms with Crippen molar-refractivity contribution in [1.82, 2.24) is 0 Å². The van der Waals surface area contributed by atoms with Crippen LogP contribution in [-0.2, 0) is 4.79 Å². The molecular weight excluding hydrogens is 279 g/mol. The van der Waals surface area contributed by atoms with Crippen LogP contribution in [0.15, 0.2) is 42.5 Å². The smallest absolute Gasteiger partial charge is 0.303 e. The average Bonchev–Trinajstić information content (AvgIpc) is 2.41. The van der Waals surface area contributed by atoms with Gasteiger partial charge in [-0.3, -0.25) is 4.79 Å². The summed E-state index contributed by atoms with van der Waals surface area (Å²) in [6.07, 6.45) is 0.0989. The first-order valence-corrected chi connectivity index (χ1v) is 6.62. The second-order valence-electron chi connectivity index (χ2n) is 4.75. The van der Waals surface area contributed by atoms with Crippen LogP contribution >= 0.6 is 11.6 Å². The first kappa shape index (κ1) is 14.5. The summed E-state index contributed by atoms with van der Waals surface area (Å²) in [6.45, 7) is 1.87. The van der Waals surface area contributed by atoms with Crippen LogP contribution in [0.25, 0.3) is 11.1 Å². The molecule has 0 heterocycles. The molecule has 0 aromatic heterocycles. The van der Waals surface area contributed by atoms with Crippen LogP contribution in [0.5, 0.6) is 0 Å². The minimum absolute atomic E-state index is 0.0432. The number of hydrogen-bond donors (Lipinski definition) is 1. The molecule has 104 valence electrons. The number of halogens is 2. The number of carboxylic acids is 1. The van der Waals surface area contributed by atoms with E-state index in [1.165, 1.54) is 6.07 Å². The maximum atomic E-state index is 13.1. The maximum Gasteiger partial charge on any atom is 0.303 e. The fourth-order valence-electron chi connectivity index (χ4n) is 2.06. The van der Waals surface area contributed by atoms with Gasteiger partial charge in [0.05, 0.1) is 11.4 Å². The van der Waals surface area contributed by atoms with Crippen LogP contribution < -0.4 is 0 Å². The van der Waals surface area contributed by atoms with E-state index >= 15 is 0 Å². The highest BCUT2D eigenvalue weighted by Crippen LogP contribution is 2.27. The predicted molar refractivity (Wildman–Crippen MR) is 77.5 cm³/mol. The van der Waals surface area contributed by atoms with E-state index in [1.54, 1.807) is 12.1 Å². The minimum Gasteiger partial charge on any atom is -0.481 e. The van der Waals surface area contributed by atoms with Crippen LogP contribution in [-0.4, -0.2) is 11.1 Å². The molecule has 2 aromatic rings. The van der Waals surface area contributed by atoms with Crippen molar-refractivity contribution in [3.8, 4) is 11.1 Å². The molecule has 0 spiro atoms. The Morgan fingerprint density at radius 2 is 1.80 bits per heavy atom. The van der Waals surface area contributed by atoms with Gasteiger partial charge in [-0.05, 0) is 34.7 Å². The predicted octanol–water partition coefficient (Wildman–Crippen LogP) is 4.72. The Balaban J connectivity index is 2.23. The Morgan fingerprint density at radius 1 is 1.20 bits per heavy atom. The first-order chi connectivity index (χ1) is 9.47. The average molecular weight is 293 g/mol. The summed E-state index contributed by atoms with van der Waals surface area (Å²) in [7, 11) is 0. The molecule has 0 bridgehead atoms. The zero-order valence-electron chi connectivity index (χ0n) is 10.9. The zero-order valence-corrected chi connectivity index (χ0v) is 11.7. The van der Waals surface area contributed by atoms with Crippen molar-refractivity contribution in [2.24, 2.45) is 0 Å². The molecule has 1 atom stereocenters. The molecule has 4 heteroatoms. The fourth-order valence-corrected chi connectivity index (χ4v) is 2.24. The molecule has 2 rings (SSSR count). The van der Waals surface area contributed by atoms with Gasteiger partial charge in [-0.1, -0.05) is 48.9 Å². The van der Waals surface area contributed by atoms with E-state index in [4.69, 9.17) is 16.7 Å². The second-order valence-corrected chi connectivity index (χ2v) is 5.16. The molecule has 1 N–H and O–H groups in total. The van der Waals surface area contributed by atoms with Crippen molar-refractivity contribution in [1.29, 1.82) is 0 Å². The Kier molecular flexibility index (Phi) is 4.40. The molecule has 0 amide bonds. The van der Waals surface area contributed by atoms with E-state index in [9.17, 15) is 9.18 Å². The molecule has 20 heavy (non-hydrogen) atoms. The van der Waals surface area contributed by atoms with Gasteiger partial charge in [-0.15, -0.1) is 0 Å². The van der Waals surface area contributed by atoms with Crippen molar-refractivity contribution in [3.05, 3.63) is 58.9 Å². The van der Waals surface area contributed by atoms with E-state index in [2.05, 4.69) is 0 Å². The van der Waals surface area contributed by atoms with Gasteiger partial charge in [0.1, 0.15) is 5.82 Å². The SMILES string of the molecule is CC(CC(=O)O)c1ccc(-c2ccc(F)c(Cl)c2)cc1. The van der Waals surface area contributed by atoms with Crippen molar-refractivity contribution in [3.63, 3.8) is 0 Å². The van der Waals surface area contributed by atoms with E-state index in [0.717, 1.165) is 16.7 Å². The lowest BCUT2D eigenvalue weighted by Crippen LogP contribution is -2.02. The Hall–Kier alpha value is -1.87. The summed E-state index contributed by atoms with van der Waals surface area (Å²) in [5.74, 6) is -1.30. The summed E-state index contributed by atoms with van der Waals surface area (Å²) >= 11 is 5.76. The van der Waals surface area contributed by atoms with Crippen LogP contribution in [0.4, 0.5) is 4.39 Å². The highest BCUT2D eigenvalue weighted by atomic mass is 35.5. The molecule has 1 unspecified atom stereocenters. The van der Waals surface area contributed by atoms with Gasteiger partial charge < -0.3 is 5.11 Å². The summed E-state index contributed by atoms with van der Waals surface area (Å²) in [5, 5.41) is 8.87. The van der Waals surface area contributed by atoms with Crippen molar-refractivity contribution < 1.29 is 14.3 Å². The van der Waals surface area contributed by atoms with Gasteiger partial charge in [0, 0.05) is 0 Å². The molecule has 0 saturated heterocycles. The van der Waals surface area contributed by atoms with Crippen molar-refractivity contribution in [2.45, 2.75) is 19.3 Å². The zero-order chi connectivity index (χ0) is 14.7. The van der Waals surface area contributed by atoms with E-state index in [-0.39, 0.29) is 17.4 Å². The molecule has 0 fully saturated rings. The topological polar surface area (TPSA) is 37.3 Å². The maximum absolute atomic E-state index is 13.1. The Bertz CT molecular complexity index is 623. The lowest BCUT2D eigenvalue weighted by atomic mass is 9.95. The van der Waals surface area contributed by atoms with Gasteiger partial charge >= 0.3 is 5.97 Å². The largest absolute Gasteiger partial charge is 0.481 e. The molecule has 2 aromatic carbocycles. The number of benzene rings is 2. The first-order valence-electron chi connectivity index (χ1n) is 6.24. The summed E-state index contributed by atoms with van der Waals surface area (Å²) in [5.41, 5.74) is 2.70. The molecule has 0 aliphatic rings. The molecule has 0 radical (unpaired) electrons. The number of rotatable bonds is 4. The van der Waals surface area contributed by atoms with Gasteiger partial charge in [-0.25, -0.2) is 4.39 Å². The second kappa shape index (κ2) is 6.06. The molecular formula is C16H14ClFO2. The van der Waals surface area contributed by atoms with Gasteiger partial charge in [-0.2, -0.15) is 0 Å². The summed E-state index contributed by atoms with van der Waals surface area (Å²) < 4.78 is 13.1.